The first-order chi connectivity index (χ1) is 8.99. The van der Waals surface area contributed by atoms with Crippen molar-refractivity contribution in [3.63, 3.8) is 0 Å². The zero-order valence-electron chi connectivity index (χ0n) is 11.3. The fourth-order valence-electron chi connectivity index (χ4n) is 2.38. The minimum atomic E-state index is -0.313. The van der Waals surface area contributed by atoms with Crippen molar-refractivity contribution in [2.24, 2.45) is 5.41 Å². The second kappa shape index (κ2) is 5.52. The van der Waals surface area contributed by atoms with Crippen LogP contribution in [-0.2, 0) is 0 Å². The van der Waals surface area contributed by atoms with Crippen molar-refractivity contribution in [1.29, 1.82) is 0 Å². The molecule has 1 unspecified atom stereocenters. The van der Waals surface area contributed by atoms with E-state index in [4.69, 9.17) is 0 Å². The molecule has 1 atom stereocenters. The second-order valence-electron chi connectivity index (χ2n) is 5.62. The molecule has 0 aromatic carbocycles. The van der Waals surface area contributed by atoms with Crippen LogP contribution in [0, 0.1) is 5.41 Å². The van der Waals surface area contributed by atoms with E-state index in [2.05, 4.69) is 34.7 Å². The fourth-order valence-corrected chi connectivity index (χ4v) is 2.38. The molecule has 0 saturated carbocycles. The van der Waals surface area contributed by atoms with Gasteiger partial charge in [-0.2, -0.15) is 5.10 Å². The summed E-state index contributed by atoms with van der Waals surface area (Å²) >= 11 is 0. The van der Waals surface area contributed by atoms with Gasteiger partial charge in [0.25, 0.3) is 11.5 Å². The molecular formula is C13H20N4O2. The molecule has 3 N–H and O–H groups in total. The van der Waals surface area contributed by atoms with Crippen LogP contribution in [0.15, 0.2) is 16.9 Å². The molecule has 1 aromatic heterocycles. The lowest BCUT2D eigenvalue weighted by molar-refractivity contribution is 0.0923. The summed E-state index contributed by atoms with van der Waals surface area (Å²) in [4.78, 5) is 22.8. The summed E-state index contributed by atoms with van der Waals surface area (Å²) < 4.78 is 0. The molecule has 1 fully saturated rings. The van der Waals surface area contributed by atoms with Crippen molar-refractivity contribution in [1.82, 2.24) is 20.8 Å². The molecule has 1 aliphatic heterocycles. The highest BCUT2D eigenvalue weighted by Crippen LogP contribution is 2.29. The van der Waals surface area contributed by atoms with Crippen LogP contribution in [0.1, 0.15) is 37.2 Å². The highest BCUT2D eigenvalue weighted by Gasteiger charge is 2.32. The number of hydrogen-bond donors (Lipinski definition) is 3. The van der Waals surface area contributed by atoms with Gasteiger partial charge < -0.3 is 10.6 Å². The fraction of sp³-hybridized carbons (Fsp3) is 0.615. The van der Waals surface area contributed by atoms with Gasteiger partial charge in [0.1, 0.15) is 5.69 Å². The van der Waals surface area contributed by atoms with Crippen molar-refractivity contribution >= 4 is 5.91 Å². The predicted molar refractivity (Wildman–Crippen MR) is 72.0 cm³/mol. The molecule has 2 heterocycles. The van der Waals surface area contributed by atoms with E-state index in [0.717, 1.165) is 13.0 Å². The minimum Gasteiger partial charge on any atom is -0.349 e. The van der Waals surface area contributed by atoms with E-state index in [-0.39, 0.29) is 28.6 Å². The number of hydrogen-bond acceptors (Lipinski definition) is 4. The van der Waals surface area contributed by atoms with Crippen LogP contribution in [0.25, 0.3) is 0 Å². The first-order valence-corrected chi connectivity index (χ1v) is 6.56. The van der Waals surface area contributed by atoms with E-state index < -0.39 is 0 Å². The first kappa shape index (κ1) is 13.7. The molecular weight excluding hydrogens is 244 g/mol. The van der Waals surface area contributed by atoms with E-state index >= 15 is 0 Å². The van der Waals surface area contributed by atoms with Crippen molar-refractivity contribution in [3.8, 4) is 0 Å². The summed E-state index contributed by atoms with van der Waals surface area (Å²) in [5.41, 5.74) is 0.0871. The van der Waals surface area contributed by atoms with E-state index in [1.807, 2.05) is 0 Å². The second-order valence-corrected chi connectivity index (χ2v) is 5.62. The summed E-state index contributed by atoms with van der Waals surface area (Å²) in [6.07, 6.45) is 2.32. The Hall–Kier alpha value is -1.69. The Morgan fingerprint density at radius 3 is 2.95 bits per heavy atom. The zero-order valence-corrected chi connectivity index (χ0v) is 11.3. The molecule has 1 aromatic rings. The monoisotopic (exact) mass is 264 g/mol. The average Bonchev–Trinajstić information content (AvgIpc) is 2.37. The summed E-state index contributed by atoms with van der Waals surface area (Å²) in [7, 11) is 0. The summed E-state index contributed by atoms with van der Waals surface area (Å²) in [6.45, 7) is 5.95. The molecule has 6 nitrogen and oxygen atoms in total. The highest BCUT2D eigenvalue weighted by molar-refractivity contribution is 5.91. The standard InChI is InChI=1S/C13H20N4O2/c1-13(2)6-3-7-14-10(13)8-15-12(19)9-4-5-11(18)17-16-9/h4-5,10,14H,3,6-8H2,1-2H3,(H,15,19)(H,17,18). The predicted octanol–water partition coefficient (Wildman–Crippen LogP) is 0.278. The number of H-pyrrole nitrogens is 1. The van der Waals surface area contributed by atoms with Crippen LogP contribution in [0.3, 0.4) is 0 Å². The average molecular weight is 264 g/mol. The Bertz CT molecular complexity index is 489. The molecule has 1 aliphatic rings. The number of aromatic amines is 1. The third-order valence-electron chi connectivity index (χ3n) is 3.71. The lowest BCUT2D eigenvalue weighted by atomic mass is 9.77. The van der Waals surface area contributed by atoms with Gasteiger partial charge in [-0.15, -0.1) is 0 Å². The quantitative estimate of drug-likeness (QED) is 0.731. The van der Waals surface area contributed by atoms with Crippen LogP contribution in [0.2, 0.25) is 0 Å². The van der Waals surface area contributed by atoms with Gasteiger partial charge in [0.2, 0.25) is 0 Å². The van der Waals surface area contributed by atoms with Crippen LogP contribution in [0.4, 0.5) is 0 Å². The van der Waals surface area contributed by atoms with Crippen molar-refractivity contribution in [2.45, 2.75) is 32.7 Å². The molecule has 2 rings (SSSR count). The van der Waals surface area contributed by atoms with Gasteiger partial charge in [0.05, 0.1) is 0 Å². The minimum absolute atomic E-state index is 0.171. The molecule has 0 spiro atoms. The Kier molecular flexibility index (Phi) is 3.99. The Balaban J connectivity index is 1.93. The van der Waals surface area contributed by atoms with Gasteiger partial charge in [-0.1, -0.05) is 13.8 Å². The lowest BCUT2D eigenvalue weighted by Crippen LogP contribution is -2.52. The van der Waals surface area contributed by atoms with Gasteiger partial charge in [-0.25, -0.2) is 5.10 Å². The number of nitrogens with zero attached hydrogens (tertiary/aromatic N) is 1. The smallest absolute Gasteiger partial charge is 0.271 e. The van der Waals surface area contributed by atoms with Gasteiger partial charge in [0.15, 0.2) is 0 Å². The summed E-state index contributed by atoms with van der Waals surface area (Å²) in [5, 5.41) is 12.3. The molecule has 0 aliphatic carbocycles. The SMILES string of the molecule is CC1(C)CCCNC1CNC(=O)c1ccc(=O)[nH]n1. The van der Waals surface area contributed by atoms with E-state index in [1.54, 1.807) is 0 Å². The van der Waals surface area contributed by atoms with Crippen molar-refractivity contribution < 1.29 is 4.79 Å². The van der Waals surface area contributed by atoms with Crippen LogP contribution in [-0.4, -0.2) is 35.2 Å². The maximum atomic E-state index is 11.9. The van der Waals surface area contributed by atoms with Crippen LogP contribution in [0.5, 0.6) is 0 Å². The number of amides is 1. The largest absolute Gasteiger partial charge is 0.349 e. The van der Waals surface area contributed by atoms with Crippen molar-refractivity contribution in [2.75, 3.05) is 13.1 Å². The lowest BCUT2D eigenvalue weighted by Gasteiger charge is -2.39. The molecule has 0 radical (unpaired) electrons. The van der Waals surface area contributed by atoms with Crippen molar-refractivity contribution in [3.05, 3.63) is 28.2 Å². The first-order valence-electron chi connectivity index (χ1n) is 6.56. The highest BCUT2D eigenvalue weighted by atomic mass is 16.2. The van der Waals surface area contributed by atoms with E-state index in [0.29, 0.717) is 6.54 Å². The molecule has 104 valence electrons. The molecule has 1 amide bonds. The number of nitrogens with one attached hydrogen (secondary N) is 3. The van der Waals surface area contributed by atoms with Gasteiger partial charge in [-0.05, 0) is 30.9 Å². The number of aromatic nitrogens is 2. The maximum absolute atomic E-state index is 11.9. The Morgan fingerprint density at radius 2 is 2.32 bits per heavy atom. The molecule has 19 heavy (non-hydrogen) atoms. The molecule has 6 heteroatoms. The normalized spacial score (nSPS) is 21.9. The topological polar surface area (TPSA) is 86.9 Å². The van der Waals surface area contributed by atoms with Gasteiger partial charge in [0, 0.05) is 18.7 Å². The third-order valence-corrected chi connectivity index (χ3v) is 3.71. The summed E-state index contributed by atoms with van der Waals surface area (Å²) in [6, 6.07) is 2.98. The van der Waals surface area contributed by atoms with Gasteiger partial charge >= 0.3 is 0 Å². The zero-order chi connectivity index (χ0) is 13.9. The summed E-state index contributed by atoms with van der Waals surface area (Å²) in [5.74, 6) is -0.264. The van der Waals surface area contributed by atoms with E-state index in [9.17, 15) is 9.59 Å². The number of carbonyl (C=O) groups is 1. The van der Waals surface area contributed by atoms with Crippen LogP contribution < -0.4 is 16.2 Å². The Morgan fingerprint density at radius 1 is 1.53 bits per heavy atom. The number of piperidine rings is 1. The number of rotatable bonds is 3. The van der Waals surface area contributed by atoms with E-state index in [1.165, 1.54) is 18.6 Å². The van der Waals surface area contributed by atoms with Crippen LogP contribution >= 0.6 is 0 Å². The molecule has 1 saturated heterocycles. The maximum Gasteiger partial charge on any atom is 0.271 e. The Labute approximate surface area is 112 Å². The van der Waals surface area contributed by atoms with Gasteiger partial charge in [-0.3, -0.25) is 9.59 Å². The number of carbonyl (C=O) groups excluding carboxylic acids is 1. The molecule has 0 bridgehead atoms. The third kappa shape index (κ3) is 3.41.